The second kappa shape index (κ2) is 7.59. The minimum atomic E-state index is -0.930. The van der Waals surface area contributed by atoms with Gasteiger partial charge in [-0.15, -0.1) is 0 Å². The van der Waals surface area contributed by atoms with Crippen molar-refractivity contribution in [1.29, 1.82) is 0 Å². The van der Waals surface area contributed by atoms with Crippen LogP contribution in [0.3, 0.4) is 0 Å². The maximum absolute atomic E-state index is 13.3. The summed E-state index contributed by atoms with van der Waals surface area (Å²) < 4.78 is 37.3. The number of nitrogens with zero attached hydrogens (tertiary/aromatic N) is 1. The molecule has 1 aliphatic heterocycles. The molecule has 5 nitrogen and oxygen atoms in total. The smallest absolute Gasteiger partial charge is 0.317 e. The lowest BCUT2D eigenvalue weighted by Gasteiger charge is -2.23. The van der Waals surface area contributed by atoms with E-state index in [0.29, 0.717) is 30.3 Å². The molecule has 1 unspecified atom stereocenters. The third-order valence-corrected chi connectivity index (χ3v) is 4.16. The minimum Gasteiger partial charge on any atom is -0.486 e. The number of fused-ring (bicyclic) bond motifs is 1. The summed E-state index contributed by atoms with van der Waals surface area (Å²) >= 11 is 0. The first-order valence-electron chi connectivity index (χ1n) is 8.29. The number of hydrogen-bond acceptors (Lipinski definition) is 3. The molecular formula is C19H20F2N2O3. The lowest BCUT2D eigenvalue weighted by atomic mass is 10.1. The highest BCUT2D eigenvalue weighted by molar-refractivity contribution is 5.74. The van der Waals surface area contributed by atoms with E-state index in [4.69, 9.17) is 9.47 Å². The van der Waals surface area contributed by atoms with E-state index in [1.807, 2.05) is 25.1 Å². The molecule has 0 bridgehead atoms. The monoisotopic (exact) mass is 362 g/mol. The number of rotatable bonds is 4. The fraction of sp³-hybridized carbons (Fsp3) is 0.316. The molecule has 0 saturated heterocycles. The van der Waals surface area contributed by atoms with Gasteiger partial charge in [0.05, 0.1) is 6.04 Å². The second-order valence-electron chi connectivity index (χ2n) is 6.18. The van der Waals surface area contributed by atoms with Crippen molar-refractivity contribution in [2.75, 3.05) is 20.3 Å². The Morgan fingerprint density at radius 3 is 2.58 bits per heavy atom. The average Bonchev–Trinajstić information content (AvgIpc) is 2.64. The van der Waals surface area contributed by atoms with Crippen molar-refractivity contribution in [1.82, 2.24) is 10.2 Å². The van der Waals surface area contributed by atoms with Gasteiger partial charge in [-0.25, -0.2) is 13.6 Å². The van der Waals surface area contributed by atoms with Gasteiger partial charge in [0.2, 0.25) is 0 Å². The molecule has 0 saturated carbocycles. The largest absolute Gasteiger partial charge is 0.486 e. The summed E-state index contributed by atoms with van der Waals surface area (Å²) in [5.41, 5.74) is 1.39. The van der Waals surface area contributed by atoms with Crippen LogP contribution in [0.5, 0.6) is 11.5 Å². The van der Waals surface area contributed by atoms with Crippen LogP contribution < -0.4 is 14.8 Å². The van der Waals surface area contributed by atoms with E-state index in [0.717, 1.165) is 17.7 Å². The Balaban J connectivity index is 1.62. The van der Waals surface area contributed by atoms with E-state index < -0.39 is 11.6 Å². The highest BCUT2D eigenvalue weighted by Crippen LogP contribution is 2.32. The minimum absolute atomic E-state index is 0.164. The van der Waals surface area contributed by atoms with E-state index in [1.54, 1.807) is 7.05 Å². The van der Waals surface area contributed by atoms with E-state index in [-0.39, 0.29) is 18.6 Å². The van der Waals surface area contributed by atoms with Crippen LogP contribution in [0.25, 0.3) is 0 Å². The van der Waals surface area contributed by atoms with Gasteiger partial charge in [0.15, 0.2) is 23.1 Å². The number of halogens is 2. The number of urea groups is 1. The molecule has 0 fully saturated rings. The number of carbonyl (C=O) groups is 1. The summed E-state index contributed by atoms with van der Waals surface area (Å²) in [6, 6.07) is 8.53. The van der Waals surface area contributed by atoms with E-state index in [2.05, 4.69) is 5.32 Å². The Hall–Kier alpha value is -2.83. The van der Waals surface area contributed by atoms with Gasteiger partial charge in [0, 0.05) is 13.6 Å². The predicted molar refractivity (Wildman–Crippen MR) is 92.2 cm³/mol. The van der Waals surface area contributed by atoms with Gasteiger partial charge >= 0.3 is 6.03 Å². The molecule has 1 atom stereocenters. The molecule has 7 heteroatoms. The molecule has 1 N–H and O–H groups in total. The van der Waals surface area contributed by atoms with Crippen molar-refractivity contribution in [2.24, 2.45) is 0 Å². The summed E-state index contributed by atoms with van der Waals surface area (Å²) in [5, 5.41) is 2.87. The fourth-order valence-corrected chi connectivity index (χ4v) is 2.69. The van der Waals surface area contributed by atoms with Crippen LogP contribution in [0.4, 0.5) is 13.6 Å². The Morgan fingerprint density at radius 2 is 1.85 bits per heavy atom. The van der Waals surface area contributed by atoms with Gasteiger partial charge < -0.3 is 19.7 Å². The van der Waals surface area contributed by atoms with Gasteiger partial charge in [-0.2, -0.15) is 0 Å². The molecule has 0 aromatic heterocycles. The Labute approximate surface area is 150 Å². The predicted octanol–water partition coefficient (Wildman–Crippen LogP) is 3.64. The van der Waals surface area contributed by atoms with Crippen LogP contribution in [0.1, 0.15) is 24.1 Å². The Bertz CT molecular complexity index is 813. The third-order valence-electron chi connectivity index (χ3n) is 4.16. The zero-order valence-electron chi connectivity index (χ0n) is 14.6. The summed E-state index contributed by atoms with van der Waals surface area (Å²) in [6.07, 6.45) is 0. The molecule has 3 rings (SSSR count). The Morgan fingerprint density at radius 1 is 1.12 bits per heavy atom. The number of amides is 2. The van der Waals surface area contributed by atoms with Gasteiger partial charge in [-0.05, 0) is 42.3 Å². The maximum atomic E-state index is 13.3. The first-order valence-corrected chi connectivity index (χ1v) is 8.29. The zero-order valence-corrected chi connectivity index (χ0v) is 14.6. The topological polar surface area (TPSA) is 50.8 Å². The van der Waals surface area contributed by atoms with Gasteiger partial charge in [0.1, 0.15) is 13.2 Å². The lowest BCUT2D eigenvalue weighted by Crippen LogP contribution is -2.38. The summed E-state index contributed by atoms with van der Waals surface area (Å²) in [7, 11) is 1.59. The van der Waals surface area contributed by atoms with Gasteiger partial charge in [0.25, 0.3) is 0 Å². The number of hydrogen-bond donors (Lipinski definition) is 1. The van der Waals surface area contributed by atoms with Crippen LogP contribution >= 0.6 is 0 Å². The van der Waals surface area contributed by atoms with Crippen molar-refractivity contribution < 1.29 is 23.0 Å². The number of ether oxygens (including phenoxy) is 2. The quantitative estimate of drug-likeness (QED) is 0.904. The van der Waals surface area contributed by atoms with E-state index in [9.17, 15) is 13.6 Å². The van der Waals surface area contributed by atoms with Crippen LogP contribution in [-0.2, 0) is 6.54 Å². The van der Waals surface area contributed by atoms with Gasteiger partial charge in [-0.3, -0.25) is 0 Å². The molecule has 1 aliphatic rings. The number of nitrogens with one attached hydrogen (secondary N) is 1. The number of carbonyl (C=O) groups excluding carboxylic acids is 1. The highest BCUT2D eigenvalue weighted by atomic mass is 19.2. The Kier molecular flexibility index (Phi) is 5.25. The standard InChI is InChI=1S/C19H20F2N2O3/c1-12(14-4-6-17-18(10-14)26-8-7-25-17)22-19(24)23(2)11-13-3-5-15(20)16(21)9-13/h3-6,9-10,12H,7-8,11H2,1-2H3,(H,22,24). The van der Waals surface area contributed by atoms with Crippen molar-refractivity contribution in [3.05, 3.63) is 59.2 Å². The molecular weight excluding hydrogens is 342 g/mol. The second-order valence-corrected chi connectivity index (χ2v) is 6.18. The maximum Gasteiger partial charge on any atom is 0.317 e. The van der Waals surface area contributed by atoms with Crippen LogP contribution in [-0.4, -0.2) is 31.2 Å². The van der Waals surface area contributed by atoms with Crippen molar-refractivity contribution >= 4 is 6.03 Å². The molecule has 26 heavy (non-hydrogen) atoms. The lowest BCUT2D eigenvalue weighted by molar-refractivity contribution is 0.171. The van der Waals surface area contributed by atoms with E-state index >= 15 is 0 Å². The van der Waals surface area contributed by atoms with Crippen LogP contribution in [0.15, 0.2) is 36.4 Å². The van der Waals surface area contributed by atoms with Crippen molar-refractivity contribution in [2.45, 2.75) is 19.5 Å². The van der Waals surface area contributed by atoms with Crippen molar-refractivity contribution in [3.8, 4) is 11.5 Å². The molecule has 0 radical (unpaired) electrons. The molecule has 0 aliphatic carbocycles. The average molecular weight is 362 g/mol. The van der Waals surface area contributed by atoms with E-state index in [1.165, 1.54) is 11.0 Å². The first kappa shape index (κ1) is 18.0. The molecule has 138 valence electrons. The third kappa shape index (κ3) is 4.04. The molecule has 1 heterocycles. The first-order chi connectivity index (χ1) is 12.4. The fourth-order valence-electron chi connectivity index (χ4n) is 2.69. The summed E-state index contributed by atoms with van der Waals surface area (Å²) in [5.74, 6) is -0.493. The molecule has 2 aromatic carbocycles. The number of benzene rings is 2. The normalized spacial score (nSPS) is 13.8. The summed E-state index contributed by atoms with van der Waals surface area (Å²) in [4.78, 5) is 13.8. The van der Waals surface area contributed by atoms with Crippen LogP contribution in [0, 0.1) is 11.6 Å². The molecule has 2 amide bonds. The summed E-state index contributed by atoms with van der Waals surface area (Å²) in [6.45, 7) is 3.03. The molecule has 0 spiro atoms. The zero-order chi connectivity index (χ0) is 18.7. The van der Waals surface area contributed by atoms with Crippen molar-refractivity contribution in [3.63, 3.8) is 0 Å². The van der Waals surface area contributed by atoms with Crippen LogP contribution in [0.2, 0.25) is 0 Å². The highest BCUT2D eigenvalue weighted by Gasteiger charge is 2.17. The SMILES string of the molecule is CC(NC(=O)N(C)Cc1ccc(F)c(F)c1)c1ccc2c(c1)OCCO2. The van der Waals surface area contributed by atoms with Gasteiger partial charge in [-0.1, -0.05) is 12.1 Å². The molecule has 2 aromatic rings.